The summed E-state index contributed by atoms with van der Waals surface area (Å²) in [6.07, 6.45) is 0. The van der Waals surface area contributed by atoms with Gasteiger partial charge in [-0.15, -0.1) is 0 Å². The van der Waals surface area contributed by atoms with Crippen LogP contribution >= 0.6 is 0 Å². The Morgan fingerprint density at radius 1 is 1.18 bits per heavy atom. The average molecular weight is 245 g/mol. The molecule has 1 aromatic carbocycles. The quantitative estimate of drug-likeness (QED) is 0.834. The Balaban J connectivity index is 2.98. The van der Waals surface area contributed by atoms with E-state index in [0.29, 0.717) is 18.0 Å². The van der Waals surface area contributed by atoms with E-state index in [9.17, 15) is 8.78 Å². The first kappa shape index (κ1) is 13.7. The molecule has 0 aliphatic heterocycles. The molecule has 17 heavy (non-hydrogen) atoms. The van der Waals surface area contributed by atoms with Gasteiger partial charge in [0.15, 0.2) is 11.5 Å². The van der Waals surface area contributed by atoms with E-state index in [1.54, 1.807) is 6.92 Å². The van der Waals surface area contributed by atoms with Crippen LogP contribution in [0.1, 0.15) is 12.5 Å². The average Bonchev–Trinajstić information content (AvgIpc) is 2.35. The summed E-state index contributed by atoms with van der Waals surface area (Å²) in [6.45, 7) is 1.90. The van der Waals surface area contributed by atoms with E-state index in [1.165, 1.54) is 32.4 Å². The summed E-state index contributed by atoms with van der Waals surface area (Å²) < 4.78 is 37.5. The minimum Gasteiger partial charge on any atom is -0.493 e. The van der Waals surface area contributed by atoms with Crippen molar-refractivity contribution in [1.82, 2.24) is 5.32 Å². The van der Waals surface area contributed by atoms with Gasteiger partial charge in [-0.25, -0.2) is 0 Å². The van der Waals surface area contributed by atoms with E-state index < -0.39 is 5.92 Å². The van der Waals surface area contributed by atoms with Crippen molar-refractivity contribution in [2.45, 2.75) is 12.8 Å². The fourth-order valence-electron chi connectivity index (χ4n) is 1.45. The number of ether oxygens (including phenoxy) is 2. The predicted molar refractivity (Wildman–Crippen MR) is 62.0 cm³/mol. The lowest BCUT2D eigenvalue weighted by atomic mass is 10.1. The van der Waals surface area contributed by atoms with Gasteiger partial charge < -0.3 is 14.8 Å². The lowest BCUT2D eigenvalue weighted by Crippen LogP contribution is -2.30. The highest BCUT2D eigenvalue weighted by atomic mass is 19.3. The molecule has 1 aromatic rings. The van der Waals surface area contributed by atoms with E-state index >= 15 is 0 Å². The first-order valence-corrected chi connectivity index (χ1v) is 5.36. The molecule has 1 N–H and O–H groups in total. The molecule has 0 amide bonds. The molecule has 0 heterocycles. The molecule has 96 valence electrons. The number of alkyl halides is 2. The normalized spacial score (nSPS) is 11.4. The van der Waals surface area contributed by atoms with Crippen LogP contribution in [0.15, 0.2) is 18.2 Å². The number of benzene rings is 1. The molecule has 0 radical (unpaired) electrons. The predicted octanol–water partition coefficient (Wildman–Crippen LogP) is 2.41. The second kappa shape index (κ2) is 5.82. The first-order chi connectivity index (χ1) is 8.05. The summed E-state index contributed by atoms with van der Waals surface area (Å²) in [7, 11) is 2.89. The van der Waals surface area contributed by atoms with Crippen molar-refractivity contribution in [2.24, 2.45) is 0 Å². The second-order valence-corrected chi connectivity index (χ2v) is 3.55. The Morgan fingerprint density at radius 2 is 1.82 bits per heavy atom. The zero-order chi connectivity index (χ0) is 12.9. The van der Waals surface area contributed by atoms with Crippen LogP contribution in [0.3, 0.4) is 0 Å². The maximum Gasteiger partial charge on any atom is 0.285 e. The number of nitrogens with one attached hydrogen (secondary N) is 1. The van der Waals surface area contributed by atoms with Crippen LogP contribution in [0.25, 0.3) is 0 Å². The van der Waals surface area contributed by atoms with Gasteiger partial charge in [0.2, 0.25) is 0 Å². The molecule has 0 bridgehead atoms. The Kier molecular flexibility index (Phi) is 4.69. The van der Waals surface area contributed by atoms with Crippen molar-refractivity contribution >= 4 is 0 Å². The Morgan fingerprint density at radius 3 is 2.35 bits per heavy atom. The Hall–Kier alpha value is -1.36. The fourth-order valence-corrected chi connectivity index (χ4v) is 1.45. The molecule has 0 unspecified atom stereocenters. The van der Waals surface area contributed by atoms with Crippen LogP contribution in [0.5, 0.6) is 11.5 Å². The standard InChI is InChI=1S/C12H17F2NO2/c1-4-15-8-12(13,14)9-5-6-10(16-2)11(7-9)17-3/h5-7,15H,4,8H2,1-3H3. The van der Waals surface area contributed by atoms with Crippen LogP contribution in [0, 0.1) is 0 Å². The second-order valence-electron chi connectivity index (χ2n) is 3.55. The van der Waals surface area contributed by atoms with E-state index in [-0.39, 0.29) is 12.1 Å². The molecule has 0 spiro atoms. The van der Waals surface area contributed by atoms with Crippen LogP contribution < -0.4 is 14.8 Å². The van der Waals surface area contributed by atoms with Crippen molar-refractivity contribution in [3.05, 3.63) is 23.8 Å². The number of hydrogen-bond acceptors (Lipinski definition) is 3. The fraction of sp³-hybridized carbons (Fsp3) is 0.500. The first-order valence-electron chi connectivity index (χ1n) is 5.36. The zero-order valence-electron chi connectivity index (χ0n) is 10.2. The molecular weight excluding hydrogens is 228 g/mol. The smallest absolute Gasteiger partial charge is 0.285 e. The van der Waals surface area contributed by atoms with Gasteiger partial charge in [0.25, 0.3) is 5.92 Å². The summed E-state index contributed by atoms with van der Waals surface area (Å²) in [4.78, 5) is 0. The third-order valence-corrected chi connectivity index (χ3v) is 2.40. The molecule has 5 heteroatoms. The molecule has 0 saturated heterocycles. The zero-order valence-corrected chi connectivity index (χ0v) is 10.2. The summed E-state index contributed by atoms with van der Waals surface area (Å²) in [5.74, 6) is -2.17. The van der Waals surface area contributed by atoms with Gasteiger partial charge in [-0.05, 0) is 24.7 Å². The van der Waals surface area contributed by atoms with Crippen LogP contribution in [-0.2, 0) is 5.92 Å². The lowest BCUT2D eigenvalue weighted by Gasteiger charge is -2.18. The molecule has 1 rings (SSSR count). The largest absolute Gasteiger partial charge is 0.493 e. The van der Waals surface area contributed by atoms with E-state index in [2.05, 4.69) is 5.32 Å². The Labute approximate surface area is 99.7 Å². The van der Waals surface area contributed by atoms with Crippen LogP contribution in [0.4, 0.5) is 8.78 Å². The maximum atomic E-state index is 13.7. The monoisotopic (exact) mass is 245 g/mol. The molecule has 0 aliphatic carbocycles. The highest BCUT2D eigenvalue weighted by Gasteiger charge is 2.31. The van der Waals surface area contributed by atoms with Gasteiger partial charge in [-0.1, -0.05) is 6.92 Å². The lowest BCUT2D eigenvalue weighted by molar-refractivity contribution is -0.00283. The molecule has 0 aromatic heterocycles. The highest BCUT2D eigenvalue weighted by Crippen LogP contribution is 2.34. The maximum absolute atomic E-state index is 13.7. The van der Waals surface area contributed by atoms with Crippen molar-refractivity contribution in [3.8, 4) is 11.5 Å². The Bertz CT molecular complexity index is 370. The molecule has 0 fully saturated rings. The number of likely N-dealkylation sites (N-methyl/N-ethyl adjacent to an activating group) is 1. The van der Waals surface area contributed by atoms with Crippen molar-refractivity contribution in [2.75, 3.05) is 27.3 Å². The van der Waals surface area contributed by atoms with Gasteiger partial charge in [-0.3, -0.25) is 0 Å². The number of halogens is 2. The molecule has 3 nitrogen and oxygen atoms in total. The third-order valence-electron chi connectivity index (χ3n) is 2.40. The highest BCUT2D eigenvalue weighted by molar-refractivity contribution is 5.44. The number of methoxy groups -OCH3 is 2. The van der Waals surface area contributed by atoms with Gasteiger partial charge in [0.1, 0.15) is 0 Å². The SMILES string of the molecule is CCNCC(F)(F)c1ccc(OC)c(OC)c1. The molecular formula is C12H17F2NO2. The molecule has 0 atom stereocenters. The van der Waals surface area contributed by atoms with Gasteiger partial charge >= 0.3 is 0 Å². The summed E-state index contributed by atoms with van der Waals surface area (Å²) in [6, 6.07) is 4.13. The van der Waals surface area contributed by atoms with Crippen LogP contribution in [-0.4, -0.2) is 27.3 Å². The van der Waals surface area contributed by atoms with Gasteiger partial charge in [0, 0.05) is 5.56 Å². The number of rotatable bonds is 6. The summed E-state index contributed by atoms with van der Waals surface area (Å²) in [5, 5.41) is 2.63. The van der Waals surface area contributed by atoms with E-state index in [4.69, 9.17) is 9.47 Å². The third kappa shape index (κ3) is 3.30. The summed E-state index contributed by atoms with van der Waals surface area (Å²) >= 11 is 0. The van der Waals surface area contributed by atoms with Crippen molar-refractivity contribution in [1.29, 1.82) is 0 Å². The molecule has 0 aliphatic rings. The minimum absolute atomic E-state index is 0.0869. The van der Waals surface area contributed by atoms with E-state index in [0.717, 1.165) is 0 Å². The molecule has 0 saturated carbocycles. The van der Waals surface area contributed by atoms with Crippen LogP contribution in [0.2, 0.25) is 0 Å². The van der Waals surface area contributed by atoms with Gasteiger partial charge in [-0.2, -0.15) is 8.78 Å². The van der Waals surface area contributed by atoms with Gasteiger partial charge in [0.05, 0.1) is 20.8 Å². The summed E-state index contributed by atoms with van der Waals surface area (Å²) in [5.41, 5.74) is -0.0869. The van der Waals surface area contributed by atoms with E-state index in [1.807, 2.05) is 0 Å². The minimum atomic E-state index is -2.92. The number of hydrogen-bond donors (Lipinski definition) is 1. The topological polar surface area (TPSA) is 30.5 Å². The van der Waals surface area contributed by atoms with Crippen molar-refractivity contribution in [3.63, 3.8) is 0 Å². The van der Waals surface area contributed by atoms with Crippen molar-refractivity contribution < 1.29 is 18.3 Å².